The molecule has 0 spiro atoms. The predicted octanol–water partition coefficient (Wildman–Crippen LogP) is 4.09. The zero-order valence-corrected chi connectivity index (χ0v) is 14.0. The minimum absolute atomic E-state index is 0.0469. The Balaban J connectivity index is 1.87. The van der Waals surface area contributed by atoms with Crippen LogP contribution in [0.15, 0.2) is 54.6 Å². The summed E-state index contributed by atoms with van der Waals surface area (Å²) in [6, 6.07) is 17.0. The van der Waals surface area contributed by atoms with E-state index in [4.69, 9.17) is 11.6 Å². The molecule has 0 heterocycles. The Morgan fingerprint density at radius 1 is 1.17 bits per heavy atom. The van der Waals surface area contributed by atoms with Crippen molar-refractivity contribution < 1.29 is 4.79 Å². The Labute approximate surface area is 142 Å². The first-order valence-electron chi connectivity index (χ1n) is 7.38. The number of nitrogens with one attached hydrogen (secondary N) is 1. The summed E-state index contributed by atoms with van der Waals surface area (Å²) in [5.74, 6) is 5.96. The van der Waals surface area contributed by atoms with Crippen molar-refractivity contribution >= 4 is 17.6 Å². The van der Waals surface area contributed by atoms with Gasteiger partial charge in [-0.3, -0.25) is 0 Å². The van der Waals surface area contributed by atoms with Crippen LogP contribution >= 0.6 is 11.6 Å². The van der Waals surface area contributed by atoms with Gasteiger partial charge in [0.1, 0.15) is 0 Å². The van der Waals surface area contributed by atoms with E-state index < -0.39 is 0 Å². The second-order valence-electron chi connectivity index (χ2n) is 5.16. The molecule has 0 bridgehead atoms. The third-order valence-corrected chi connectivity index (χ3v) is 3.84. The van der Waals surface area contributed by atoms with Crippen LogP contribution in [0.4, 0.5) is 4.79 Å². The average Bonchev–Trinajstić information content (AvgIpc) is 2.59. The van der Waals surface area contributed by atoms with Crippen molar-refractivity contribution in [2.24, 2.45) is 0 Å². The van der Waals surface area contributed by atoms with Crippen LogP contribution in [0.25, 0.3) is 0 Å². The molecule has 0 radical (unpaired) electrons. The van der Waals surface area contributed by atoms with Crippen LogP contribution in [0.2, 0.25) is 5.02 Å². The molecule has 3 nitrogen and oxygen atoms in total. The van der Waals surface area contributed by atoms with Crippen molar-refractivity contribution in [3.63, 3.8) is 0 Å². The van der Waals surface area contributed by atoms with E-state index in [1.54, 1.807) is 11.9 Å². The zero-order chi connectivity index (χ0) is 16.7. The number of urea groups is 1. The maximum absolute atomic E-state index is 12.2. The molecule has 0 fully saturated rings. The third-order valence-electron chi connectivity index (χ3n) is 3.59. The Kier molecular flexibility index (Phi) is 6.08. The topological polar surface area (TPSA) is 32.3 Å². The summed E-state index contributed by atoms with van der Waals surface area (Å²) in [4.78, 5) is 13.8. The number of nitrogens with zero attached hydrogens (tertiary/aromatic N) is 1. The van der Waals surface area contributed by atoms with Gasteiger partial charge in [-0.1, -0.05) is 53.8 Å². The van der Waals surface area contributed by atoms with E-state index in [9.17, 15) is 4.79 Å². The number of hydrogen-bond acceptors (Lipinski definition) is 1. The summed E-state index contributed by atoms with van der Waals surface area (Å²) in [6.07, 6.45) is 0. The molecule has 0 aliphatic carbocycles. The van der Waals surface area contributed by atoms with Gasteiger partial charge in [0, 0.05) is 17.6 Å². The molecule has 1 unspecified atom stereocenters. The summed E-state index contributed by atoms with van der Waals surface area (Å²) in [6.45, 7) is 2.28. The summed E-state index contributed by atoms with van der Waals surface area (Å²) < 4.78 is 0. The van der Waals surface area contributed by atoms with Crippen molar-refractivity contribution in [3.8, 4) is 11.8 Å². The number of carbonyl (C=O) groups excluding carboxylic acids is 1. The molecule has 0 aliphatic heterocycles. The summed E-state index contributed by atoms with van der Waals surface area (Å²) >= 11 is 5.89. The molecule has 4 heteroatoms. The minimum Gasteiger partial charge on any atom is -0.327 e. The fourth-order valence-electron chi connectivity index (χ4n) is 2.05. The van der Waals surface area contributed by atoms with E-state index >= 15 is 0 Å². The van der Waals surface area contributed by atoms with Crippen LogP contribution in [0.5, 0.6) is 0 Å². The number of rotatable bonds is 3. The van der Waals surface area contributed by atoms with Gasteiger partial charge in [-0.2, -0.15) is 0 Å². The Hall–Kier alpha value is -2.44. The van der Waals surface area contributed by atoms with Gasteiger partial charge in [-0.25, -0.2) is 4.79 Å². The van der Waals surface area contributed by atoms with Crippen LogP contribution in [0, 0.1) is 11.8 Å². The summed E-state index contributed by atoms with van der Waals surface area (Å²) in [5.41, 5.74) is 1.96. The molecule has 0 aromatic heterocycles. The van der Waals surface area contributed by atoms with Crippen molar-refractivity contribution in [3.05, 3.63) is 70.7 Å². The van der Waals surface area contributed by atoms with Crippen molar-refractivity contribution in [2.45, 2.75) is 13.0 Å². The zero-order valence-electron chi connectivity index (χ0n) is 13.2. The minimum atomic E-state index is -0.158. The Morgan fingerprint density at radius 3 is 2.48 bits per heavy atom. The highest BCUT2D eigenvalue weighted by Gasteiger charge is 2.16. The van der Waals surface area contributed by atoms with E-state index in [-0.39, 0.29) is 12.1 Å². The molecule has 118 valence electrons. The lowest BCUT2D eigenvalue weighted by Crippen LogP contribution is -2.38. The summed E-state index contributed by atoms with van der Waals surface area (Å²) in [7, 11) is 1.76. The largest absolute Gasteiger partial charge is 0.327 e. The predicted molar refractivity (Wildman–Crippen MR) is 94.3 cm³/mol. The smallest absolute Gasteiger partial charge is 0.318 e. The highest BCUT2D eigenvalue weighted by Crippen LogP contribution is 2.20. The van der Waals surface area contributed by atoms with Gasteiger partial charge in [-0.05, 0) is 36.8 Å². The van der Waals surface area contributed by atoms with Crippen LogP contribution in [-0.4, -0.2) is 24.5 Å². The Morgan fingerprint density at radius 2 is 1.83 bits per heavy atom. The van der Waals surface area contributed by atoms with Gasteiger partial charge < -0.3 is 10.2 Å². The Bertz CT molecular complexity index is 702. The van der Waals surface area contributed by atoms with Crippen molar-refractivity contribution in [1.29, 1.82) is 0 Å². The fourth-order valence-corrected chi connectivity index (χ4v) is 2.18. The van der Waals surface area contributed by atoms with Gasteiger partial charge >= 0.3 is 6.03 Å². The number of hydrogen-bond donors (Lipinski definition) is 1. The molecular formula is C19H19ClN2O. The molecule has 1 atom stereocenters. The lowest BCUT2D eigenvalue weighted by Gasteiger charge is -2.25. The molecule has 0 saturated carbocycles. The highest BCUT2D eigenvalue weighted by molar-refractivity contribution is 6.30. The second-order valence-corrected chi connectivity index (χ2v) is 5.60. The molecule has 2 rings (SSSR count). The van der Waals surface area contributed by atoms with Crippen molar-refractivity contribution in [2.75, 3.05) is 13.6 Å². The maximum atomic E-state index is 12.2. The quantitative estimate of drug-likeness (QED) is 0.846. The van der Waals surface area contributed by atoms with Crippen LogP contribution in [0.3, 0.4) is 0 Å². The summed E-state index contributed by atoms with van der Waals surface area (Å²) in [5, 5.41) is 3.49. The standard InChI is InChI=1S/C19H19ClN2O/c1-15(17-10-12-18(20)13-11-17)22(2)19(23)21-14-6-9-16-7-4-3-5-8-16/h3-5,7-8,10-13,15H,14H2,1-2H3,(H,21,23). The molecule has 1 N–H and O–H groups in total. The lowest BCUT2D eigenvalue weighted by molar-refractivity contribution is 0.196. The van der Waals surface area contributed by atoms with Gasteiger partial charge in [0.2, 0.25) is 0 Å². The van der Waals surface area contributed by atoms with Crippen LogP contribution in [-0.2, 0) is 0 Å². The molecule has 23 heavy (non-hydrogen) atoms. The van der Waals surface area contributed by atoms with Gasteiger partial charge in [0.15, 0.2) is 0 Å². The molecule has 2 aromatic rings. The molecular weight excluding hydrogens is 308 g/mol. The number of carbonyl (C=O) groups is 1. The fraction of sp³-hybridized carbons (Fsp3) is 0.211. The van der Waals surface area contributed by atoms with Crippen LogP contribution in [0.1, 0.15) is 24.1 Å². The van der Waals surface area contributed by atoms with Gasteiger partial charge in [-0.15, -0.1) is 0 Å². The third kappa shape index (κ3) is 5.05. The van der Waals surface area contributed by atoms with Crippen LogP contribution < -0.4 is 5.32 Å². The first kappa shape index (κ1) is 16.9. The number of halogens is 1. The number of benzene rings is 2. The average molecular weight is 327 g/mol. The molecule has 2 aromatic carbocycles. The first-order chi connectivity index (χ1) is 11.1. The van der Waals surface area contributed by atoms with E-state index in [0.29, 0.717) is 11.6 Å². The van der Waals surface area contributed by atoms with E-state index in [1.807, 2.05) is 61.5 Å². The van der Waals surface area contributed by atoms with E-state index in [2.05, 4.69) is 17.2 Å². The highest BCUT2D eigenvalue weighted by atomic mass is 35.5. The molecule has 0 saturated heterocycles. The number of amides is 2. The maximum Gasteiger partial charge on any atom is 0.318 e. The van der Waals surface area contributed by atoms with Crippen molar-refractivity contribution in [1.82, 2.24) is 10.2 Å². The van der Waals surface area contributed by atoms with Gasteiger partial charge in [0.05, 0.1) is 12.6 Å². The lowest BCUT2D eigenvalue weighted by atomic mass is 10.1. The van der Waals surface area contributed by atoms with Gasteiger partial charge in [0.25, 0.3) is 0 Å². The monoisotopic (exact) mass is 326 g/mol. The normalized spacial score (nSPS) is 11.1. The first-order valence-corrected chi connectivity index (χ1v) is 7.76. The van der Waals surface area contributed by atoms with E-state index in [1.165, 1.54) is 0 Å². The molecule has 0 aliphatic rings. The SMILES string of the molecule is CC(c1ccc(Cl)cc1)N(C)C(=O)NCC#Cc1ccccc1. The molecule has 2 amide bonds. The van der Waals surface area contributed by atoms with E-state index in [0.717, 1.165) is 11.1 Å². The second kappa shape index (κ2) is 8.26.